The highest BCUT2D eigenvalue weighted by Crippen LogP contribution is 2.15. The molecule has 1 amide bonds. The number of carbonyl (C=O) groups excluding carboxylic acids is 1. The van der Waals surface area contributed by atoms with Crippen LogP contribution in [0.5, 0.6) is 0 Å². The fourth-order valence-electron chi connectivity index (χ4n) is 1.41. The molecule has 0 fully saturated rings. The molecule has 0 saturated carbocycles. The molecule has 17 heavy (non-hydrogen) atoms. The second-order valence-corrected chi connectivity index (χ2v) is 4.66. The van der Waals surface area contributed by atoms with Crippen molar-refractivity contribution in [2.24, 2.45) is 0 Å². The van der Waals surface area contributed by atoms with Gasteiger partial charge >= 0.3 is 0 Å². The van der Waals surface area contributed by atoms with Crippen LogP contribution in [-0.2, 0) is 6.54 Å². The maximum atomic E-state index is 11.8. The predicted molar refractivity (Wildman–Crippen MR) is 68.9 cm³/mol. The average Bonchev–Trinajstić information content (AvgIpc) is 2.72. The van der Waals surface area contributed by atoms with Crippen LogP contribution in [0.25, 0.3) is 0 Å². The summed E-state index contributed by atoms with van der Waals surface area (Å²) >= 11 is 1.63. The molecule has 5 heteroatoms. The summed E-state index contributed by atoms with van der Waals surface area (Å²) in [6, 6.07) is 7.05. The molecule has 4 nitrogen and oxygen atoms in total. The van der Waals surface area contributed by atoms with Crippen LogP contribution >= 0.6 is 11.3 Å². The van der Waals surface area contributed by atoms with Crippen molar-refractivity contribution in [2.45, 2.75) is 13.5 Å². The maximum absolute atomic E-state index is 11.8. The predicted octanol–water partition coefficient (Wildman–Crippen LogP) is 1.96. The number of pyridine rings is 1. The van der Waals surface area contributed by atoms with Gasteiger partial charge in [-0.2, -0.15) is 0 Å². The number of nitrogens with zero attached hydrogens (tertiary/aromatic N) is 1. The smallest absolute Gasteiger partial charge is 0.270 e. The minimum atomic E-state index is -0.204. The number of nitrogen functional groups attached to an aromatic ring is 1. The van der Waals surface area contributed by atoms with Crippen molar-refractivity contribution in [1.29, 1.82) is 0 Å². The third-order valence-corrected chi connectivity index (χ3v) is 3.40. The Morgan fingerprint density at radius 2 is 2.29 bits per heavy atom. The SMILES string of the molecule is Cc1ccsc1CNC(=O)c1cccc(N)n1. The van der Waals surface area contributed by atoms with Gasteiger partial charge in [0.25, 0.3) is 5.91 Å². The third-order valence-electron chi connectivity index (χ3n) is 2.38. The van der Waals surface area contributed by atoms with Crippen LogP contribution in [0.2, 0.25) is 0 Å². The van der Waals surface area contributed by atoms with Crippen LogP contribution in [0.15, 0.2) is 29.6 Å². The van der Waals surface area contributed by atoms with Gasteiger partial charge in [0.1, 0.15) is 11.5 Å². The maximum Gasteiger partial charge on any atom is 0.270 e. The first-order valence-electron chi connectivity index (χ1n) is 5.20. The van der Waals surface area contributed by atoms with Gasteiger partial charge in [0.05, 0.1) is 6.54 Å². The second-order valence-electron chi connectivity index (χ2n) is 3.66. The van der Waals surface area contributed by atoms with E-state index >= 15 is 0 Å². The van der Waals surface area contributed by atoms with Gasteiger partial charge in [0.2, 0.25) is 0 Å². The van der Waals surface area contributed by atoms with Crippen LogP contribution in [-0.4, -0.2) is 10.9 Å². The van der Waals surface area contributed by atoms with E-state index in [2.05, 4.69) is 10.3 Å². The Bertz CT molecular complexity index is 536. The molecule has 0 aromatic carbocycles. The molecule has 2 heterocycles. The number of nitrogens with one attached hydrogen (secondary N) is 1. The van der Waals surface area contributed by atoms with Crippen LogP contribution < -0.4 is 11.1 Å². The van der Waals surface area contributed by atoms with E-state index in [9.17, 15) is 4.79 Å². The molecular weight excluding hydrogens is 234 g/mol. The van der Waals surface area contributed by atoms with Crippen molar-refractivity contribution in [1.82, 2.24) is 10.3 Å². The number of thiophene rings is 1. The van der Waals surface area contributed by atoms with E-state index < -0.39 is 0 Å². The van der Waals surface area contributed by atoms with Crippen LogP contribution in [0, 0.1) is 6.92 Å². The standard InChI is InChI=1S/C12H13N3OS/c1-8-5-6-17-10(8)7-14-12(16)9-3-2-4-11(13)15-9/h2-6H,7H2,1H3,(H2,13,15)(H,14,16). The summed E-state index contributed by atoms with van der Waals surface area (Å²) in [4.78, 5) is 16.9. The number of anilines is 1. The molecule has 0 spiro atoms. The van der Waals surface area contributed by atoms with Crippen molar-refractivity contribution < 1.29 is 4.79 Å². The Labute approximate surface area is 103 Å². The van der Waals surface area contributed by atoms with Crippen LogP contribution in [0.3, 0.4) is 0 Å². The van der Waals surface area contributed by atoms with E-state index in [1.165, 1.54) is 5.56 Å². The number of aromatic nitrogens is 1. The van der Waals surface area contributed by atoms with Gasteiger partial charge in [-0.25, -0.2) is 4.98 Å². The van der Waals surface area contributed by atoms with Gasteiger partial charge < -0.3 is 11.1 Å². The van der Waals surface area contributed by atoms with Crippen LogP contribution in [0.4, 0.5) is 5.82 Å². The van der Waals surface area contributed by atoms with Gasteiger partial charge in [-0.3, -0.25) is 4.79 Å². The second kappa shape index (κ2) is 4.97. The highest BCUT2D eigenvalue weighted by molar-refractivity contribution is 7.10. The summed E-state index contributed by atoms with van der Waals surface area (Å²) in [7, 11) is 0. The highest BCUT2D eigenvalue weighted by Gasteiger charge is 2.08. The topological polar surface area (TPSA) is 68.0 Å². The van der Waals surface area contributed by atoms with Crippen molar-refractivity contribution in [2.75, 3.05) is 5.73 Å². The Hall–Kier alpha value is -1.88. The van der Waals surface area contributed by atoms with E-state index in [0.717, 1.165) is 4.88 Å². The number of hydrogen-bond donors (Lipinski definition) is 2. The average molecular weight is 247 g/mol. The van der Waals surface area contributed by atoms with E-state index in [1.807, 2.05) is 18.4 Å². The number of nitrogens with two attached hydrogens (primary N) is 1. The molecule has 88 valence electrons. The lowest BCUT2D eigenvalue weighted by molar-refractivity contribution is 0.0946. The zero-order chi connectivity index (χ0) is 12.3. The highest BCUT2D eigenvalue weighted by atomic mass is 32.1. The van der Waals surface area contributed by atoms with Crippen LogP contribution in [0.1, 0.15) is 20.9 Å². The Balaban J connectivity index is 2.01. The monoisotopic (exact) mass is 247 g/mol. The summed E-state index contributed by atoms with van der Waals surface area (Å²) in [5.74, 6) is 0.148. The lowest BCUT2D eigenvalue weighted by Gasteiger charge is -2.04. The first-order chi connectivity index (χ1) is 8.16. The van der Waals surface area contributed by atoms with Gasteiger partial charge in [-0.15, -0.1) is 11.3 Å². The van der Waals surface area contributed by atoms with Gasteiger partial charge in [-0.1, -0.05) is 6.07 Å². The number of rotatable bonds is 3. The van der Waals surface area contributed by atoms with Gasteiger partial charge in [0.15, 0.2) is 0 Å². The Morgan fingerprint density at radius 1 is 1.47 bits per heavy atom. The Kier molecular flexibility index (Phi) is 3.39. The van der Waals surface area contributed by atoms with E-state index in [0.29, 0.717) is 18.1 Å². The quantitative estimate of drug-likeness (QED) is 0.871. The molecule has 0 bridgehead atoms. The zero-order valence-electron chi connectivity index (χ0n) is 9.43. The fraction of sp³-hybridized carbons (Fsp3) is 0.167. The molecule has 2 aromatic heterocycles. The molecule has 2 aromatic rings. The summed E-state index contributed by atoms with van der Waals surface area (Å²) in [6.07, 6.45) is 0. The molecule has 2 rings (SSSR count). The van der Waals surface area contributed by atoms with E-state index in [-0.39, 0.29) is 5.91 Å². The molecule has 0 atom stereocenters. The molecular formula is C12H13N3OS. The largest absolute Gasteiger partial charge is 0.384 e. The van der Waals surface area contributed by atoms with Gasteiger partial charge in [-0.05, 0) is 36.1 Å². The van der Waals surface area contributed by atoms with Gasteiger partial charge in [0, 0.05) is 4.88 Å². The molecule has 0 radical (unpaired) electrons. The first-order valence-corrected chi connectivity index (χ1v) is 6.08. The number of carbonyl (C=O) groups is 1. The summed E-state index contributed by atoms with van der Waals surface area (Å²) < 4.78 is 0. The molecule has 0 aliphatic heterocycles. The number of aryl methyl sites for hydroxylation is 1. The van der Waals surface area contributed by atoms with E-state index in [4.69, 9.17) is 5.73 Å². The third kappa shape index (κ3) is 2.82. The lowest BCUT2D eigenvalue weighted by Crippen LogP contribution is -2.23. The molecule has 0 aliphatic rings. The normalized spacial score (nSPS) is 10.2. The minimum absolute atomic E-state index is 0.204. The number of hydrogen-bond acceptors (Lipinski definition) is 4. The minimum Gasteiger partial charge on any atom is -0.384 e. The summed E-state index contributed by atoms with van der Waals surface area (Å²) in [5, 5.41) is 4.83. The van der Waals surface area contributed by atoms with Crippen molar-refractivity contribution in [3.63, 3.8) is 0 Å². The number of amides is 1. The lowest BCUT2D eigenvalue weighted by atomic mass is 10.3. The summed E-state index contributed by atoms with van der Waals surface area (Å²) in [5.41, 5.74) is 7.06. The first kappa shape index (κ1) is 11.6. The molecule has 0 aliphatic carbocycles. The molecule has 0 unspecified atom stereocenters. The van der Waals surface area contributed by atoms with E-state index in [1.54, 1.807) is 29.5 Å². The van der Waals surface area contributed by atoms with Crippen molar-refractivity contribution >= 4 is 23.1 Å². The summed E-state index contributed by atoms with van der Waals surface area (Å²) in [6.45, 7) is 2.55. The fourth-order valence-corrected chi connectivity index (χ4v) is 2.26. The zero-order valence-corrected chi connectivity index (χ0v) is 10.3. The Morgan fingerprint density at radius 3 is 2.94 bits per heavy atom. The van der Waals surface area contributed by atoms with Crippen molar-refractivity contribution in [3.8, 4) is 0 Å². The van der Waals surface area contributed by atoms with Crippen molar-refractivity contribution in [3.05, 3.63) is 45.8 Å². The molecule has 0 saturated heterocycles. The molecule has 3 N–H and O–H groups in total.